The Kier molecular flexibility index (Phi) is 6.34. The van der Waals surface area contributed by atoms with Crippen LogP contribution in [-0.4, -0.2) is 44.1 Å². The second-order valence-corrected chi connectivity index (χ2v) is 8.35. The number of hydrogen-bond acceptors (Lipinski definition) is 5. The van der Waals surface area contributed by atoms with Crippen molar-refractivity contribution in [3.8, 4) is 5.69 Å². The zero-order chi connectivity index (χ0) is 23.5. The van der Waals surface area contributed by atoms with Crippen LogP contribution in [0.1, 0.15) is 16.1 Å². The van der Waals surface area contributed by atoms with Crippen LogP contribution in [0.4, 0.5) is 10.5 Å². The third-order valence-corrected chi connectivity index (χ3v) is 5.99. The molecule has 3 amide bonds. The summed E-state index contributed by atoms with van der Waals surface area (Å²) in [6.45, 7) is -0.450. The molecule has 2 aromatic carbocycles. The fraction of sp³-hybridized carbons (Fsp3) is 0.0435. The van der Waals surface area contributed by atoms with Crippen molar-refractivity contribution < 1.29 is 24.3 Å². The molecular weight excluding hydrogens is 466 g/mol. The summed E-state index contributed by atoms with van der Waals surface area (Å²) in [4.78, 5) is 49.9. The largest absolute Gasteiger partial charge is 0.478 e. The average Bonchev–Trinajstić information content (AvgIpc) is 3.35. The molecule has 0 atom stereocenters. The van der Waals surface area contributed by atoms with Crippen molar-refractivity contribution in [2.75, 3.05) is 11.9 Å². The summed E-state index contributed by atoms with van der Waals surface area (Å²) >= 11 is 6.76. The van der Waals surface area contributed by atoms with Gasteiger partial charge in [0.05, 0.1) is 21.2 Å². The summed E-state index contributed by atoms with van der Waals surface area (Å²) in [5, 5.41) is 11.6. The summed E-state index contributed by atoms with van der Waals surface area (Å²) < 4.78 is 1.70. The lowest BCUT2D eigenvalue weighted by atomic mass is 10.2. The molecular formula is C23H16ClN3O5S. The summed E-state index contributed by atoms with van der Waals surface area (Å²) in [5.74, 6) is -2.20. The number of carboxylic acids is 1. The number of nitrogens with zero attached hydrogens (tertiary/aromatic N) is 2. The molecule has 3 aromatic rings. The van der Waals surface area contributed by atoms with E-state index in [1.54, 1.807) is 59.3 Å². The first kappa shape index (κ1) is 22.4. The van der Waals surface area contributed by atoms with Crippen LogP contribution in [0.5, 0.6) is 0 Å². The van der Waals surface area contributed by atoms with E-state index < -0.39 is 29.6 Å². The number of nitrogens with one attached hydrogen (secondary N) is 1. The minimum atomic E-state index is -1.05. The summed E-state index contributed by atoms with van der Waals surface area (Å²) in [6.07, 6.45) is 3.25. The lowest BCUT2D eigenvalue weighted by Crippen LogP contribution is -2.36. The quantitative estimate of drug-likeness (QED) is 0.502. The molecule has 1 aliphatic rings. The van der Waals surface area contributed by atoms with Crippen molar-refractivity contribution in [3.63, 3.8) is 0 Å². The van der Waals surface area contributed by atoms with Gasteiger partial charge in [0.1, 0.15) is 6.54 Å². The molecule has 33 heavy (non-hydrogen) atoms. The van der Waals surface area contributed by atoms with Gasteiger partial charge in [-0.15, -0.1) is 0 Å². The predicted molar refractivity (Wildman–Crippen MR) is 125 cm³/mol. The van der Waals surface area contributed by atoms with Crippen LogP contribution in [0.2, 0.25) is 5.02 Å². The van der Waals surface area contributed by atoms with Gasteiger partial charge in [-0.1, -0.05) is 29.8 Å². The fourth-order valence-electron chi connectivity index (χ4n) is 3.20. The molecule has 8 nitrogen and oxygen atoms in total. The second kappa shape index (κ2) is 9.35. The minimum absolute atomic E-state index is 0.122. The molecule has 0 bridgehead atoms. The SMILES string of the molecule is O=C(CN1C(=O)S/C(=C\c2cccn2-c2cccc(C(=O)O)c2)C1=O)Nc1ccccc1Cl. The Morgan fingerprint density at radius 1 is 1.06 bits per heavy atom. The molecule has 0 radical (unpaired) electrons. The first-order chi connectivity index (χ1) is 15.8. The number of carbonyl (C=O) groups excluding carboxylic acids is 3. The van der Waals surface area contributed by atoms with Gasteiger partial charge in [-0.2, -0.15) is 0 Å². The van der Waals surface area contributed by atoms with E-state index in [1.807, 2.05) is 0 Å². The number of thioether (sulfide) groups is 1. The lowest BCUT2D eigenvalue weighted by molar-refractivity contribution is -0.127. The highest BCUT2D eigenvalue weighted by Gasteiger charge is 2.36. The number of imide groups is 1. The molecule has 1 aromatic heterocycles. The number of amides is 3. The highest BCUT2D eigenvalue weighted by atomic mass is 35.5. The van der Waals surface area contributed by atoms with E-state index >= 15 is 0 Å². The van der Waals surface area contributed by atoms with Crippen molar-refractivity contribution in [2.24, 2.45) is 0 Å². The van der Waals surface area contributed by atoms with Gasteiger partial charge in [0.25, 0.3) is 11.1 Å². The van der Waals surface area contributed by atoms with Gasteiger partial charge in [0.15, 0.2) is 0 Å². The maximum absolute atomic E-state index is 12.8. The third kappa shape index (κ3) is 4.84. The van der Waals surface area contributed by atoms with Crippen LogP contribution in [-0.2, 0) is 9.59 Å². The van der Waals surface area contributed by atoms with Gasteiger partial charge < -0.3 is 15.0 Å². The number of benzene rings is 2. The van der Waals surface area contributed by atoms with E-state index in [2.05, 4.69) is 5.32 Å². The molecule has 4 rings (SSSR count). The number of aromatic carboxylic acids is 1. The Morgan fingerprint density at radius 2 is 1.85 bits per heavy atom. The lowest BCUT2D eigenvalue weighted by Gasteiger charge is -2.13. The first-order valence-electron chi connectivity index (χ1n) is 9.64. The molecule has 1 fully saturated rings. The molecule has 1 saturated heterocycles. The Labute approximate surface area is 197 Å². The Hall–Kier alpha value is -3.82. The summed E-state index contributed by atoms with van der Waals surface area (Å²) in [5.41, 5.74) is 1.66. The van der Waals surface area contributed by atoms with Crippen LogP contribution < -0.4 is 5.32 Å². The van der Waals surface area contributed by atoms with Crippen molar-refractivity contribution in [3.05, 3.63) is 88.0 Å². The van der Waals surface area contributed by atoms with Crippen molar-refractivity contribution in [2.45, 2.75) is 0 Å². The van der Waals surface area contributed by atoms with E-state index in [0.717, 1.165) is 16.7 Å². The molecule has 10 heteroatoms. The molecule has 0 spiro atoms. The number of hydrogen-bond donors (Lipinski definition) is 2. The van der Waals surface area contributed by atoms with E-state index in [0.29, 0.717) is 22.1 Å². The smallest absolute Gasteiger partial charge is 0.335 e. The van der Waals surface area contributed by atoms with Crippen LogP contribution in [0.3, 0.4) is 0 Å². The van der Waals surface area contributed by atoms with Gasteiger partial charge in [0, 0.05) is 17.6 Å². The maximum Gasteiger partial charge on any atom is 0.335 e. The number of carbonyl (C=O) groups is 4. The van der Waals surface area contributed by atoms with Crippen LogP contribution in [0, 0.1) is 0 Å². The number of aromatic nitrogens is 1. The normalized spacial score (nSPS) is 14.7. The standard InChI is InChI=1S/C23H16ClN3O5S/c24-17-8-1-2-9-18(17)25-20(28)13-27-21(29)19(33-23(27)32)12-16-7-4-10-26(16)15-6-3-5-14(11-15)22(30)31/h1-12H,13H2,(H,25,28)(H,30,31)/b19-12-. The third-order valence-electron chi connectivity index (χ3n) is 4.75. The molecule has 166 valence electrons. The Morgan fingerprint density at radius 3 is 2.61 bits per heavy atom. The number of halogens is 1. The summed E-state index contributed by atoms with van der Waals surface area (Å²) in [6, 6.07) is 16.4. The number of rotatable bonds is 6. The molecule has 0 unspecified atom stereocenters. The molecule has 2 heterocycles. The van der Waals surface area contributed by atoms with Gasteiger partial charge in [-0.25, -0.2) is 4.79 Å². The fourth-order valence-corrected chi connectivity index (χ4v) is 4.21. The minimum Gasteiger partial charge on any atom is -0.478 e. The molecule has 0 saturated carbocycles. The van der Waals surface area contributed by atoms with Crippen LogP contribution in [0.25, 0.3) is 11.8 Å². The average molecular weight is 482 g/mol. The summed E-state index contributed by atoms with van der Waals surface area (Å²) in [7, 11) is 0. The Bertz CT molecular complexity index is 1320. The van der Waals surface area contributed by atoms with Gasteiger partial charge in [0.2, 0.25) is 5.91 Å². The van der Waals surface area contributed by atoms with E-state index in [4.69, 9.17) is 11.6 Å². The topological polar surface area (TPSA) is 109 Å². The number of anilines is 1. The van der Waals surface area contributed by atoms with Crippen LogP contribution in [0.15, 0.2) is 71.8 Å². The zero-order valence-electron chi connectivity index (χ0n) is 16.9. The highest BCUT2D eigenvalue weighted by molar-refractivity contribution is 8.18. The first-order valence-corrected chi connectivity index (χ1v) is 10.8. The van der Waals surface area contributed by atoms with Gasteiger partial charge in [-0.05, 0) is 60.3 Å². The number of carboxylic acid groups (broad SMARTS) is 1. The van der Waals surface area contributed by atoms with Crippen molar-refractivity contribution in [1.82, 2.24) is 9.47 Å². The monoisotopic (exact) mass is 481 g/mol. The molecule has 2 N–H and O–H groups in total. The van der Waals surface area contributed by atoms with E-state index in [9.17, 15) is 24.3 Å². The van der Waals surface area contributed by atoms with E-state index in [-0.39, 0.29) is 10.5 Å². The highest BCUT2D eigenvalue weighted by Crippen LogP contribution is 2.33. The second-order valence-electron chi connectivity index (χ2n) is 6.95. The number of para-hydroxylation sites is 1. The zero-order valence-corrected chi connectivity index (χ0v) is 18.5. The van der Waals surface area contributed by atoms with Crippen molar-refractivity contribution >= 4 is 58.1 Å². The Balaban J connectivity index is 1.53. The predicted octanol–water partition coefficient (Wildman–Crippen LogP) is 4.50. The maximum atomic E-state index is 12.8. The molecule has 1 aliphatic heterocycles. The van der Waals surface area contributed by atoms with E-state index in [1.165, 1.54) is 18.2 Å². The van der Waals surface area contributed by atoms with Gasteiger partial charge in [-0.3, -0.25) is 19.3 Å². The van der Waals surface area contributed by atoms with Crippen LogP contribution >= 0.6 is 23.4 Å². The van der Waals surface area contributed by atoms with Crippen molar-refractivity contribution in [1.29, 1.82) is 0 Å². The molecule has 0 aliphatic carbocycles. The van der Waals surface area contributed by atoms with Gasteiger partial charge >= 0.3 is 5.97 Å².